The molecule has 0 aromatic carbocycles. The summed E-state index contributed by atoms with van der Waals surface area (Å²) < 4.78 is 37.9. The highest BCUT2D eigenvalue weighted by atomic mass is 19.4. The van der Waals surface area contributed by atoms with E-state index in [4.69, 9.17) is 5.73 Å². The van der Waals surface area contributed by atoms with Crippen molar-refractivity contribution in [3.05, 3.63) is 41.7 Å². The maximum absolute atomic E-state index is 12.6. The Labute approximate surface area is 116 Å². The molecule has 20 heavy (non-hydrogen) atoms. The Bertz CT molecular complexity index is 468. The van der Waals surface area contributed by atoms with Crippen LogP contribution in [0, 0.1) is 0 Å². The van der Waals surface area contributed by atoms with Crippen molar-refractivity contribution in [1.29, 1.82) is 0 Å². The average molecular weight is 285 g/mol. The molecule has 0 saturated heterocycles. The molecule has 2 atom stereocenters. The molecule has 2 heterocycles. The highest BCUT2D eigenvalue weighted by Gasteiger charge is 2.36. The monoisotopic (exact) mass is 285 g/mol. The lowest BCUT2D eigenvalue weighted by Crippen LogP contribution is -2.42. The third-order valence-electron chi connectivity index (χ3n) is 3.52. The van der Waals surface area contributed by atoms with Crippen LogP contribution >= 0.6 is 0 Å². The van der Waals surface area contributed by atoms with Crippen molar-refractivity contribution < 1.29 is 13.2 Å². The number of alkyl halides is 3. The molecular weight excluding hydrogens is 267 g/mol. The van der Waals surface area contributed by atoms with E-state index in [2.05, 4.69) is 4.98 Å². The zero-order valence-electron chi connectivity index (χ0n) is 11.3. The third kappa shape index (κ3) is 3.37. The summed E-state index contributed by atoms with van der Waals surface area (Å²) in [6, 6.07) is 3.42. The van der Waals surface area contributed by atoms with E-state index in [1.807, 2.05) is 24.0 Å². The Kier molecular flexibility index (Phi) is 4.45. The molecule has 2 rings (SSSR count). The molecule has 1 aromatic heterocycles. The highest BCUT2D eigenvalue weighted by Crippen LogP contribution is 2.33. The molecule has 0 amide bonds. The van der Waals surface area contributed by atoms with Crippen molar-refractivity contribution in [3.8, 4) is 0 Å². The molecule has 0 spiro atoms. The zero-order valence-corrected chi connectivity index (χ0v) is 11.3. The normalized spacial score (nSPS) is 20.4. The van der Waals surface area contributed by atoms with Crippen LogP contribution in [0.15, 0.2) is 36.2 Å². The van der Waals surface area contributed by atoms with Gasteiger partial charge in [-0.3, -0.25) is 9.88 Å². The Hall–Kier alpha value is -1.40. The van der Waals surface area contributed by atoms with Crippen molar-refractivity contribution >= 4 is 0 Å². The van der Waals surface area contributed by atoms with E-state index < -0.39 is 11.7 Å². The molecule has 110 valence electrons. The van der Waals surface area contributed by atoms with Crippen LogP contribution in [0.1, 0.15) is 24.9 Å². The van der Waals surface area contributed by atoms with Crippen LogP contribution in [0.2, 0.25) is 0 Å². The first-order valence-corrected chi connectivity index (χ1v) is 6.55. The first-order valence-electron chi connectivity index (χ1n) is 6.55. The highest BCUT2D eigenvalue weighted by molar-refractivity contribution is 5.19. The molecule has 0 radical (unpaired) electrons. The summed E-state index contributed by atoms with van der Waals surface area (Å²) in [4.78, 5) is 6.03. The summed E-state index contributed by atoms with van der Waals surface area (Å²) in [5.74, 6) is 0. The maximum Gasteiger partial charge on any atom is 0.412 e. The topological polar surface area (TPSA) is 42.1 Å². The second kappa shape index (κ2) is 5.93. The van der Waals surface area contributed by atoms with Crippen LogP contribution in [0.25, 0.3) is 0 Å². The molecule has 1 aromatic rings. The fraction of sp³-hybridized carbons (Fsp3) is 0.500. The van der Waals surface area contributed by atoms with E-state index in [1.165, 1.54) is 6.08 Å². The number of halogens is 3. The van der Waals surface area contributed by atoms with E-state index >= 15 is 0 Å². The molecule has 0 aliphatic carbocycles. The predicted molar refractivity (Wildman–Crippen MR) is 71.0 cm³/mol. The fourth-order valence-corrected chi connectivity index (χ4v) is 2.59. The van der Waals surface area contributed by atoms with E-state index in [-0.39, 0.29) is 25.0 Å². The summed E-state index contributed by atoms with van der Waals surface area (Å²) in [6.07, 6.45) is 0.434. The van der Waals surface area contributed by atoms with E-state index in [0.29, 0.717) is 6.54 Å². The summed E-state index contributed by atoms with van der Waals surface area (Å²) in [5.41, 5.74) is 6.50. The molecule has 6 heteroatoms. The molecule has 0 bridgehead atoms. The van der Waals surface area contributed by atoms with Gasteiger partial charge in [0.25, 0.3) is 0 Å². The second-order valence-corrected chi connectivity index (χ2v) is 5.06. The minimum Gasteiger partial charge on any atom is -0.326 e. The Morgan fingerprint density at radius 3 is 2.60 bits per heavy atom. The van der Waals surface area contributed by atoms with Crippen LogP contribution in [-0.2, 0) is 0 Å². The van der Waals surface area contributed by atoms with Gasteiger partial charge < -0.3 is 5.73 Å². The van der Waals surface area contributed by atoms with Crippen molar-refractivity contribution in [2.75, 3.05) is 13.1 Å². The number of nitrogens with zero attached hydrogens (tertiary/aromatic N) is 2. The third-order valence-corrected chi connectivity index (χ3v) is 3.52. The lowest BCUT2D eigenvalue weighted by molar-refractivity contribution is -0.0965. The van der Waals surface area contributed by atoms with Crippen molar-refractivity contribution in [2.24, 2.45) is 5.73 Å². The van der Waals surface area contributed by atoms with Crippen LogP contribution in [0.4, 0.5) is 13.2 Å². The number of aromatic nitrogens is 1. The fourth-order valence-electron chi connectivity index (χ4n) is 2.59. The zero-order chi connectivity index (χ0) is 14.8. The Balaban J connectivity index is 2.16. The number of nitrogens with two attached hydrogens (primary N) is 1. The van der Waals surface area contributed by atoms with Gasteiger partial charge in [-0.2, -0.15) is 13.2 Å². The lowest BCUT2D eigenvalue weighted by atomic mass is 9.98. The van der Waals surface area contributed by atoms with Crippen LogP contribution < -0.4 is 5.73 Å². The molecular formula is C14H18F3N3. The van der Waals surface area contributed by atoms with E-state index in [1.54, 1.807) is 12.4 Å². The smallest absolute Gasteiger partial charge is 0.326 e. The summed E-state index contributed by atoms with van der Waals surface area (Å²) in [7, 11) is 0. The largest absolute Gasteiger partial charge is 0.412 e. The van der Waals surface area contributed by atoms with E-state index in [0.717, 1.165) is 5.56 Å². The van der Waals surface area contributed by atoms with Gasteiger partial charge in [-0.1, -0.05) is 12.1 Å². The number of rotatable bonds is 3. The average Bonchev–Trinajstić information content (AvgIpc) is 2.39. The number of pyridine rings is 1. The van der Waals surface area contributed by atoms with Crippen molar-refractivity contribution in [1.82, 2.24) is 9.88 Å². The Morgan fingerprint density at radius 2 is 2.15 bits per heavy atom. The van der Waals surface area contributed by atoms with Crippen molar-refractivity contribution in [2.45, 2.75) is 31.6 Å². The molecule has 1 aliphatic heterocycles. The SMILES string of the molecule is CC(N)C(c1cccnc1)N1CC=C(C(F)(F)F)CC1. The van der Waals surface area contributed by atoms with Gasteiger partial charge in [0.15, 0.2) is 0 Å². The molecule has 1 aliphatic rings. The first-order chi connectivity index (χ1) is 9.39. The lowest BCUT2D eigenvalue weighted by Gasteiger charge is -2.36. The quantitative estimate of drug-likeness (QED) is 0.868. The Morgan fingerprint density at radius 1 is 1.40 bits per heavy atom. The molecule has 2 unspecified atom stereocenters. The first kappa shape index (κ1) is 15.0. The number of hydrogen-bond acceptors (Lipinski definition) is 3. The predicted octanol–water partition coefficient (Wildman–Crippen LogP) is 2.66. The summed E-state index contributed by atoms with van der Waals surface area (Å²) >= 11 is 0. The van der Waals surface area contributed by atoms with Gasteiger partial charge >= 0.3 is 6.18 Å². The molecule has 2 N–H and O–H groups in total. The molecule has 0 saturated carbocycles. The molecule has 0 fully saturated rings. The standard InChI is InChI=1S/C14H18F3N3/c1-10(18)13(11-3-2-6-19-9-11)20-7-4-12(5-8-20)14(15,16)17/h2-4,6,9-10,13H,5,7-8,18H2,1H3. The van der Waals surface area contributed by atoms with Crippen LogP contribution in [0.3, 0.4) is 0 Å². The van der Waals surface area contributed by atoms with Crippen LogP contribution in [-0.4, -0.2) is 35.2 Å². The van der Waals surface area contributed by atoms with Gasteiger partial charge in [-0.15, -0.1) is 0 Å². The number of hydrogen-bond donors (Lipinski definition) is 1. The van der Waals surface area contributed by atoms with E-state index in [9.17, 15) is 13.2 Å². The van der Waals surface area contributed by atoms with Gasteiger partial charge in [0.05, 0.1) is 6.04 Å². The minimum absolute atomic E-state index is 0.00693. The summed E-state index contributed by atoms with van der Waals surface area (Å²) in [5, 5.41) is 0. The minimum atomic E-state index is -4.22. The second-order valence-electron chi connectivity index (χ2n) is 5.06. The van der Waals surface area contributed by atoms with Crippen molar-refractivity contribution in [3.63, 3.8) is 0 Å². The summed E-state index contributed by atoms with van der Waals surface area (Å²) in [6.45, 7) is 2.48. The van der Waals surface area contributed by atoms with Gasteiger partial charge in [0.1, 0.15) is 0 Å². The van der Waals surface area contributed by atoms with Gasteiger partial charge in [0.2, 0.25) is 0 Å². The van der Waals surface area contributed by atoms with Gasteiger partial charge in [0, 0.05) is 37.1 Å². The van der Waals surface area contributed by atoms with Gasteiger partial charge in [-0.25, -0.2) is 0 Å². The maximum atomic E-state index is 12.6. The van der Waals surface area contributed by atoms with Crippen LogP contribution in [0.5, 0.6) is 0 Å². The molecule has 3 nitrogen and oxygen atoms in total. The van der Waals surface area contributed by atoms with Gasteiger partial charge in [-0.05, 0) is 25.0 Å².